The van der Waals surface area contributed by atoms with Gasteiger partial charge in [0.25, 0.3) is 0 Å². The summed E-state index contributed by atoms with van der Waals surface area (Å²) in [6.07, 6.45) is 0. The molecule has 0 aliphatic carbocycles. The van der Waals surface area contributed by atoms with Gasteiger partial charge in [0.2, 0.25) is 0 Å². The van der Waals surface area contributed by atoms with Gasteiger partial charge in [-0.15, -0.1) is 0 Å². The fraction of sp³-hybridized carbons (Fsp3) is 0. The summed E-state index contributed by atoms with van der Waals surface area (Å²) in [6.45, 7) is 0. The maximum Gasteiger partial charge on any atom is 0.145 e. The molecule has 3 heterocycles. The van der Waals surface area contributed by atoms with Crippen LogP contribution in [0, 0.1) is 0 Å². The maximum absolute atomic E-state index is 7.05. The molecule has 48 heavy (non-hydrogen) atoms. The van der Waals surface area contributed by atoms with Crippen LogP contribution in [0.3, 0.4) is 0 Å². The molecule has 0 spiro atoms. The summed E-state index contributed by atoms with van der Waals surface area (Å²) in [5, 5.41) is 6.95. The molecular weight excluding hydrogens is 585 g/mol. The number of pyridine rings is 1. The zero-order chi connectivity index (χ0) is 31.6. The van der Waals surface area contributed by atoms with Crippen LogP contribution >= 0.6 is 0 Å². The van der Waals surface area contributed by atoms with Gasteiger partial charge < -0.3 is 8.98 Å². The lowest BCUT2D eigenvalue weighted by molar-refractivity contribution is 0.674. The Kier molecular flexibility index (Phi) is 5.87. The van der Waals surface area contributed by atoms with Crippen molar-refractivity contribution < 1.29 is 4.42 Å². The number of fused-ring (bicyclic) bond motifs is 8. The van der Waals surface area contributed by atoms with Gasteiger partial charge in [-0.3, -0.25) is 0 Å². The minimum atomic E-state index is 0.881. The SMILES string of the molecule is c1ccc(-c2cc(-c3cccc4c3oc3c4ccc4c3c3ccccc3n4-c3cccc4ccccc34)cc(-c3ccccc3)n2)cc1. The summed E-state index contributed by atoms with van der Waals surface area (Å²) in [5.74, 6) is 0. The molecule has 0 fully saturated rings. The minimum Gasteiger partial charge on any atom is -0.455 e. The van der Waals surface area contributed by atoms with E-state index in [1.807, 2.05) is 12.1 Å². The van der Waals surface area contributed by atoms with E-state index in [1.165, 1.54) is 16.2 Å². The zero-order valence-corrected chi connectivity index (χ0v) is 26.0. The number of aromatic nitrogens is 2. The monoisotopic (exact) mass is 612 g/mol. The molecule has 0 atom stereocenters. The van der Waals surface area contributed by atoms with E-state index in [1.54, 1.807) is 0 Å². The van der Waals surface area contributed by atoms with E-state index in [2.05, 4.69) is 162 Å². The second-order valence-corrected chi connectivity index (χ2v) is 12.3. The Morgan fingerprint density at radius 2 is 1.02 bits per heavy atom. The molecule has 0 N–H and O–H groups in total. The summed E-state index contributed by atoms with van der Waals surface area (Å²) in [4.78, 5) is 5.12. The molecule has 7 aromatic carbocycles. The fourth-order valence-electron chi connectivity index (χ4n) is 7.40. The van der Waals surface area contributed by atoms with Gasteiger partial charge in [0.15, 0.2) is 0 Å². The molecule has 0 saturated heterocycles. The number of benzene rings is 7. The van der Waals surface area contributed by atoms with E-state index < -0.39 is 0 Å². The van der Waals surface area contributed by atoms with Crippen molar-refractivity contribution in [2.75, 3.05) is 0 Å². The Labute approximate surface area is 277 Å². The van der Waals surface area contributed by atoms with Gasteiger partial charge in [0.1, 0.15) is 11.2 Å². The first-order valence-corrected chi connectivity index (χ1v) is 16.3. The molecule has 0 amide bonds. The molecule has 0 aliphatic rings. The van der Waals surface area contributed by atoms with Crippen LogP contribution in [0.15, 0.2) is 174 Å². The molecule has 3 aromatic heterocycles. The average molecular weight is 613 g/mol. The second kappa shape index (κ2) is 10.5. The van der Waals surface area contributed by atoms with E-state index in [4.69, 9.17) is 9.40 Å². The van der Waals surface area contributed by atoms with Crippen LogP contribution < -0.4 is 0 Å². The second-order valence-electron chi connectivity index (χ2n) is 12.3. The number of para-hydroxylation sites is 2. The Morgan fingerprint density at radius 3 is 1.79 bits per heavy atom. The summed E-state index contributed by atoms with van der Waals surface area (Å²) < 4.78 is 9.44. The molecule has 0 radical (unpaired) electrons. The van der Waals surface area contributed by atoms with Crippen molar-refractivity contribution in [3.05, 3.63) is 170 Å². The highest BCUT2D eigenvalue weighted by Gasteiger charge is 2.21. The van der Waals surface area contributed by atoms with Gasteiger partial charge in [0, 0.05) is 38.2 Å². The van der Waals surface area contributed by atoms with Crippen molar-refractivity contribution >= 4 is 54.5 Å². The van der Waals surface area contributed by atoms with Crippen molar-refractivity contribution in [3.8, 4) is 39.3 Å². The van der Waals surface area contributed by atoms with E-state index in [0.717, 1.165) is 77.7 Å². The molecule has 0 bridgehead atoms. The quantitative estimate of drug-likeness (QED) is 0.198. The lowest BCUT2D eigenvalue weighted by atomic mass is 9.98. The standard InChI is InChI=1S/C45H28N2O/c1-3-14-30(15-4-1)38-27-32(28-39(46-38)31-16-5-2-6-17-31)34-21-12-22-35-36-25-26-42-43(45(36)48-44(34)35)37-20-9-10-23-41(37)47(42)40-24-11-18-29-13-7-8-19-33(29)40/h1-28H. The topological polar surface area (TPSA) is 31.0 Å². The molecule has 3 heteroatoms. The van der Waals surface area contributed by atoms with E-state index in [9.17, 15) is 0 Å². The van der Waals surface area contributed by atoms with Crippen LogP contribution in [-0.4, -0.2) is 9.55 Å². The van der Waals surface area contributed by atoms with Crippen LogP contribution in [0.4, 0.5) is 0 Å². The third-order valence-electron chi connectivity index (χ3n) is 9.58. The lowest BCUT2D eigenvalue weighted by Gasteiger charge is -2.11. The maximum atomic E-state index is 7.05. The first-order valence-electron chi connectivity index (χ1n) is 16.3. The molecule has 224 valence electrons. The number of hydrogen-bond donors (Lipinski definition) is 0. The lowest BCUT2D eigenvalue weighted by Crippen LogP contribution is -1.94. The predicted molar refractivity (Wildman–Crippen MR) is 200 cm³/mol. The van der Waals surface area contributed by atoms with E-state index in [-0.39, 0.29) is 0 Å². The molecule has 0 saturated carbocycles. The number of hydrogen-bond acceptors (Lipinski definition) is 2. The minimum absolute atomic E-state index is 0.881. The van der Waals surface area contributed by atoms with Crippen LogP contribution in [0.25, 0.3) is 93.8 Å². The van der Waals surface area contributed by atoms with Gasteiger partial charge in [-0.1, -0.05) is 133 Å². The summed E-state index contributed by atoms with van der Waals surface area (Å²) in [6, 6.07) is 59.9. The Hall–Kier alpha value is -6.45. The summed E-state index contributed by atoms with van der Waals surface area (Å²) in [7, 11) is 0. The van der Waals surface area contributed by atoms with Crippen LogP contribution in [0.1, 0.15) is 0 Å². The third-order valence-corrected chi connectivity index (χ3v) is 9.58. The number of furan rings is 1. The van der Waals surface area contributed by atoms with Crippen molar-refractivity contribution in [2.24, 2.45) is 0 Å². The van der Waals surface area contributed by atoms with E-state index >= 15 is 0 Å². The van der Waals surface area contributed by atoms with E-state index in [0.29, 0.717) is 0 Å². The van der Waals surface area contributed by atoms with Crippen LogP contribution in [0.5, 0.6) is 0 Å². The van der Waals surface area contributed by atoms with Gasteiger partial charge in [-0.2, -0.15) is 0 Å². The Bertz CT molecular complexity index is 2760. The van der Waals surface area contributed by atoms with Crippen molar-refractivity contribution in [2.45, 2.75) is 0 Å². The van der Waals surface area contributed by atoms with Crippen molar-refractivity contribution in [1.29, 1.82) is 0 Å². The van der Waals surface area contributed by atoms with Gasteiger partial charge in [-0.05, 0) is 47.3 Å². The van der Waals surface area contributed by atoms with Crippen molar-refractivity contribution in [1.82, 2.24) is 9.55 Å². The van der Waals surface area contributed by atoms with Gasteiger partial charge >= 0.3 is 0 Å². The molecule has 0 unspecified atom stereocenters. The Balaban J connectivity index is 1.26. The smallest absolute Gasteiger partial charge is 0.145 e. The molecule has 10 rings (SSSR count). The normalized spacial score (nSPS) is 11.8. The Morgan fingerprint density at radius 1 is 0.417 bits per heavy atom. The summed E-state index contributed by atoms with van der Waals surface area (Å²) >= 11 is 0. The fourth-order valence-corrected chi connectivity index (χ4v) is 7.40. The highest BCUT2D eigenvalue weighted by Crippen LogP contribution is 2.44. The highest BCUT2D eigenvalue weighted by atomic mass is 16.3. The predicted octanol–water partition coefficient (Wildman–Crippen LogP) is 12.2. The first-order chi connectivity index (χ1) is 23.8. The molecular formula is C45H28N2O. The van der Waals surface area contributed by atoms with Gasteiger partial charge in [0.05, 0.1) is 33.5 Å². The van der Waals surface area contributed by atoms with Crippen LogP contribution in [0.2, 0.25) is 0 Å². The number of rotatable bonds is 4. The zero-order valence-electron chi connectivity index (χ0n) is 26.0. The van der Waals surface area contributed by atoms with Gasteiger partial charge in [-0.25, -0.2) is 4.98 Å². The number of nitrogens with zero attached hydrogens (tertiary/aromatic N) is 2. The molecule has 3 nitrogen and oxygen atoms in total. The highest BCUT2D eigenvalue weighted by molar-refractivity contribution is 6.25. The third kappa shape index (κ3) is 4.04. The molecule has 0 aliphatic heterocycles. The summed E-state index contributed by atoms with van der Waals surface area (Å²) in [5.41, 5.74) is 11.4. The molecule has 10 aromatic rings. The van der Waals surface area contributed by atoms with Crippen molar-refractivity contribution in [3.63, 3.8) is 0 Å². The van der Waals surface area contributed by atoms with Crippen LogP contribution in [-0.2, 0) is 0 Å². The first kappa shape index (κ1) is 26.7. The average Bonchev–Trinajstić information content (AvgIpc) is 3.71. The largest absolute Gasteiger partial charge is 0.455 e.